The van der Waals surface area contributed by atoms with Crippen LogP contribution in [0.4, 0.5) is 24.5 Å². The van der Waals surface area contributed by atoms with Gasteiger partial charge in [-0.1, -0.05) is 39.7 Å². The first-order chi connectivity index (χ1) is 18.5. The van der Waals surface area contributed by atoms with Crippen LogP contribution in [0.25, 0.3) is 0 Å². The second kappa shape index (κ2) is 13.5. The number of amides is 1. The summed E-state index contributed by atoms with van der Waals surface area (Å²) in [6.45, 7) is 0.229. The number of rotatable bonds is 10. The predicted molar refractivity (Wildman–Crippen MR) is 146 cm³/mol. The molecule has 1 amide bonds. The Kier molecular flexibility index (Phi) is 10.4. The van der Waals surface area contributed by atoms with E-state index in [0.717, 1.165) is 24.5 Å². The van der Waals surface area contributed by atoms with Gasteiger partial charge in [-0.3, -0.25) is 14.6 Å². The van der Waals surface area contributed by atoms with Gasteiger partial charge < -0.3 is 20.9 Å². The van der Waals surface area contributed by atoms with E-state index in [2.05, 4.69) is 26.2 Å². The van der Waals surface area contributed by atoms with Crippen molar-refractivity contribution in [2.24, 2.45) is 10.7 Å². The lowest BCUT2D eigenvalue weighted by molar-refractivity contribution is -0.137. The molecule has 0 aliphatic carbocycles. The van der Waals surface area contributed by atoms with Crippen molar-refractivity contribution >= 4 is 56.8 Å². The van der Waals surface area contributed by atoms with Gasteiger partial charge in [-0.15, -0.1) is 0 Å². The zero-order valence-corrected chi connectivity index (χ0v) is 22.5. The van der Waals surface area contributed by atoms with Crippen LogP contribution in [0.5, 0.6) is 0 Å². The molecular formula is C27H22BrClF3N3O4. The van der Waals surface area contributed by atoms with Crippen LogP contribution in [-0.4, -0.2) is 36.2 Å². The first-order valence-corrected chi connectivity index (χ1v) is 12.5. The van der Waals surface area contributed by atoms with Crippen molar-refractivity contribution in [1.82, 2.24) is 0 Å². The van der Waals surface area contributed by atoms with E-state index >= 15 is 0 Å². The highest BCUT2D eigenvalue weighted by Gasteiger charge is 2.33. The lowest BCUT2D eigenvalue weighted by Gasteiger charge is -2.12. The molecule has 0 saturated heterocycles. The molecule has 0 unspecified atom stereocenters. The minimum absolute atomic E-state index is 0.0652. The molecule has 0 fully saturated rings. The number of benzene rings is 3. The summed E-state index contributed by atoms with van der Waals surface area (Å²) in [5, 5.41) is 11.1. The average molecular weight is 625 g/mol. The van der Waals surface area contributed by atoms with Crippen LogP contribution < -0.4 is 11.1 Å². The summed E-state index contributed by atoms with van der Waals surface area (Å²) < 4.78 is 45.3. The van der Waals surface area contributed by atoms with Crippen molar-refractivity contribution in [1.29, 1.82) is 0 Å². The monoisotopic (exact) mass is 623 g/mol. The number of alkyl halides is 3. The number of aliphatic imine (C=N–C) groups is 1. The molecule has 0 aliphatic heterocycles. The Hall–Kier alpha value is -3.51. The van der Waals surface area contributed by atoms with E-state index < -0.39 is 28.5 Å². The largest absolute Gasteiger partial charge is 0.417 e. The van der Waals surface area contributed by atoms with Crippen molar-refractivity contribution in [3.05, 3.63) is 104 Å². The lowest BCUT2D eigenvalue weighted by atomic mass is 10.0. The molecule has 0 atom stereocenters. The van der Waals surface area contributed by atoms with E-state index in [9.17, 15) is 22.8 Å². The number of hydrogen-bond acceptors (Lipinski definition) is 6. The minimum Gasteiger partial charge on any atom is -0.404 e. The summed E-state index contributed by atoms with van der Waals surface area (Å²) in [4.78, 5) is 30.2. The number of halogens is 5. The number of nitrogens with two attached hydrogens (primary N) is 1. The highest BCUT2D eigenvalue weighted by atomic mass is 79.9. The van der Waals surface area contributed by atoms with E-state index in [-0.39, 0.29) is 42.3 Å². The summed E-state index contributed by atoms with van der Waals surface area (Å²) in [7, 11) is 0. The first-order valence-electron chi connectivity index (χ1n) is 11.3. The number of ketones is 1. The topological polar surface area (TPSA) is 114 Å². The quantitative estimate of drug-likeness (QED) is 0.106. The molecule has 0 heterocycles. The number of aliphatic hydroxyl groups is 1. The molecule has 204 valence electrons. The van der Waals surface area contributed by atoms with Gasteiger partial charge in [0.05, 0.1) is 47.4 Å². The van der Waals surface area contributed by atoms with Crippen LogP contribution in [0.3, 0.4) is 0 Å². The molecule has 0 aromatic heterocycles. The fourth-order valence-corrected chi connectivity index (χ4v) is 3.94. The number of anilines is 1. The van der Waals surface area contributed by atoms with Gasteiger partial charge in [0.25, 0.3) is 5.91 Å². The van der Waals surface area contributed by atoms with E-state index in [4.69, 9.17) is 27.2 Å². The highest BCUT2D eigenvalue weighted by molar-refractivity contribution is 9.10. The standard InChI is InChI=1S/C27H22BrClF3N3O4/c28-19-4-7-24(35-26(38)17-3-1-2-16(10-17)15-39-9-8-36)21(11-19)25(37)18(13-33)14-34-20-5-6-23(29)22(12-20)27(30,31)32/h1-7,10-14,36H,8-9,15,33H2,(H,35,38)/b18-13+,34-14?. The third-order valence-corrected chi connectivity index (χ3v) is 6.04. The van der Waals surface area contributed by atoms with Crippen molar-refractivity contribution in [3.8, 4) is 0 Å². The van der Waals surface area contributed by atoms with E-state index in [0.29, 0.717) is 15.6 Å². The maximum atomic E-state index is 13.3. The fourth-order valence-electron chi connectivity index (χ4n) is 3.35. The normalized spacial score (nSPS) is 12.1. The second-order valence-electron chi connectivity index (χ2n) is 7.99. The SMILES string of the molecule is N/C=C(\C=Nc1ccc(Cl)c(C(F)(F)F)c1)C(=O)c1cc(Br)ccc1NC(=O)c1cccc(COCCO)c1. The molecule has 7 nitrogen and oxygen atoms in total. The van der Waals surface area contributed by atoms with Gasteiger partial charge in [0.15, 0.2) is 5.78 Å². The van der Waals surface area contributed by atoms with Gasteiger partial charge in [-0.25, -0.2) is 0 Å². The van der Waals surface area contributed by atoms with E-state index in [1.54, 1.807) is 30.3 Å². The van der Waals surface area contributed by atoms with Gasteiger partial charge in [0.2, 0.25) is 0 Å². The van der Waals surface area contributed by atoms with Crippen LogP contribution in [0.15, 0.2) is 81.9 Å². The summed E-state index contributed by atoms with van der Waals surface area (Å²) in [6.07, 6.45) is -2.68. The number of nitrogens with zero attached hydrogens (tertiary/aromatic N) is 1. The fraction of sp³-hybridized carbons (Fsp3) is 0.148. The Balaban J connectivity index is 1.85. The van der Waals surface area contributed by atoms with Crippen LogP contribution in [-0.2, 0) is 17.5 Å². The molecule has 0 bridgehead atoms. The van der Waals surface area contributed by atoms with Crippen LogP contribution in [0.1, 0.15) is 31.8 Å². The molecule has 12 heteroatoms. The lowest BCUT2D eigenvalue weighted by Crippen LogP contribution is -2.16. The molecular weight excluding hydrogens is 603 g/mol. The average Bonchev–Trinajstić information content (AvgIpc) is 2.90. The molecule has 0 radical (unpaired) electrons. The van der Waals surface area contributed by atoms with Crippen LogP contribution in [0, 0.1) is 0 Å². The maximum Gasteiger partial charge on any atom is 0.417 e. The molecule has 0 saturated carbocycles. The molecule has 0 spiro atoms. The predicted octanol–water partition coefficient (Wildman–Crippen LogP) is 6.31. The molecule has 4 N–H and O–H groups in total. The van der Waals surface area contributed by atoms with Crippen molar-refractivity contribution < 1.29 is 32.6 Å². The summed E-state index contributed by atoms with van der Waals surface area (Å²) in [5.74, 6) is -1.13. The molecule has 0 aliphatic rings. The number of hydrogen-bond donors (Lipinski definition) is 3. The molecule has 39 heavy (non-hydrogen) atoms. The number of nitrogens with one attached hydrogen (secondary N) is 1. The molecule has 3 rings (SSSR count). The second-order valence-corrected chi connectivity index (χ2v) is 9.31. The Labute approximate surface area is 235 Å². The Bertz CT molecular complexity index is 1430. The number of carbonyl (C=O) groups excluding carboxylic acids is 2. The van der Waals surface area contributed by atoms with Crippen LogP contribution >= 0.6 is 27.5 Å². The number of allylic oxidation sites excluding steroid dienone is 1. The minimum atomic E-state index is -4.68. The Morgan fingerprint density at radius 1 is 1.13 bits per heavy atom. The van der Waals surface area contributed by atoms with Crippen molar-refractivity contribution in [3.63, 3.8) is 0 Å². The first kappa shape index (κ1) is 30.0. The van der Waals surface area contributed by atoms with Crippen molar-refractivity contribution in [2.75, 3.05) is 18.5 Å². The summed E-state index contributed by atoms with van der Waals surface area (Å²) in [6, 6.07) is 14.3. The third kappa shape index (κ3) is 8.24. The zero-order valence-electron chi connectivity index (χ0n) is 20.1. The summed E-state index contributed by atoms with van der Waals surface area (Å²) >= 11 is 8.94. The number of aliphatic hydroxyl groups excluding tert-OH is 1. The molecule has 3 aromatic rings. The number of ether oxygens (including phenoxy) is 1. The number of carbonyl (C=O) groups is 2. The zero-order chi connectivity index (χ0) is 28.6. The smallest absolute Gasteiger partial charge is 0.404 e. The summed E-state index contributed by atoms with van der Waals surface area (Å²) in [5.41, 5.74) is 5.61. The highest BCUT2D eigenvalue weighted by Crippen LogP contribution is 2.36. The van der Waals surface area contributed by atoms with E-state index in [1.165, 1.54) is 18.2 Å². The van der Waals surface area contributed by atoms with Gasteiger partial charge in [-0.05, 0) is 54.1 Å². The molecule has 3 aromatic carbocycles. The van der Waals surface area contributed by atoms with Gasteiger partial charge in [-0.2, -0.15) is 13.2 Å². The third-order valence-electron chi connectivity index (χ3n) is 5.22. The number of Topliss-reactive ketones (excluding diaryl/α,β-unsaturated/α-hetero) is 1. The van der Waals surface area contributed by atoms with Gasteiger partial charge in [0, 0.05) is 28.0 Å². The Morgan fingerprint density at radius 2 is 1.90 bits per heavy atom. The van der Waals surface area contributed by atoms with Crippen molar-refractivity contribution in [2.45, 2.75) is 12.8 Å². The van der Waals surface area contributed by atoms with Gasteiger partial charge >= 0.3 is 6.18 Å². The van der Waals surface area contributed by atoms with Crippen LogP contribution in [0.2, 0.25) is 5.02 Å². The van der Waals surface area contributed by atoms with E-state index in [1.807, 2.05) is 0 Å². The maximum absolute atomic E-state index is 13.3. The Morgan fingerprint density at radius 3 is 2.59 bits per heavy atom. The van der Waals surface area contributed by atoms with Gasteiger partial charge in [0.1, 0.15) is 0 Å².